The van der Waals surface area contributed by atoms with Crippen LogP contribution in [0.4, 0.5) is 0 Å². The fourth-order valence-electron chi connectivity index (χ4n) is 4.01. The van der Waals surface area contributed by atoms with Gasteiger partial charge in [0.25, 0.3) is 0 Å². The smallest absolute Gasteiger partial charge is 0.193 e. The van der Waals surface area contributed by atoms with Crippen LogP contribution in [0.5, 0.6) is 0 Å². The SMILES string of the molecule is c1cn2cc(CN3CCNCC3C3CCCCC3)nc2s1. The lowest BCUT2D eigenvalue weighted by molar-refractivity contribution is 0.0850. The van der Waals surface area contributed by atoms with Crippen LogP contribution in [-0.2, 0) is 6.54 Å². The quantitative estimate of drug-likeness (QED) is 0.946. The molecule has 2 aliphatic rings. The van der Waals surface area contributed by atoms with Crippen molar-refractivity contribution in [3.8, 4) is 0 Å². The van der Waals surface area contributed by atoms with Gasteiger partial charge in [0.05, 0.1) is 5.69 Å². The van der Waals surface area contributed by atoms with Crippen molar-refractivity contribution in [1.82, 2.24) is 19.6 Å². The molecule has 1 atom stereocenters. The number of fused-ring (bicyclic) bond motifs is 1. The maximum atomic E-state index is 4.77. The van der Waals surface area contributed by atoms with Gasteiger partial charge in [0, 0.05) is 50.0 Å². The molecule has 0 amide bonds. The highest BCUT2D eigenvalue weighted by Crippen LogP contribution is 2.30. The molecule has 21 heavy (non-hydrogen) atoms. The normalized spacial score (nSPS) is 25.6. The number of rotatable bonds is 3. The summed E-state index contributed by atoms with van der Waals surface area (Å²) in [6, 6.07) is 0.707. The van der Waals surface area contributed by atoms with E-state index in [9.17, 15) is 0 Å². The molecule has 2 aromatic heterocycles. The first kappa shape index (κ1) is 13.7. The first-order chi connectivity index (χ1) is 10.4. The Kier molecular flexibility index (Phi) is 3.97. The number of aromatic nitrogens is 2. The van der Waals surface area contributed by atoms with E-state index in [-0.39, 0.29) is 0 Å². The van der Waals surface area contributed by atoms with Crippen LogP contribution in [0, 0.1) is 5.92 Å². The molecule has 0 radical (unpaired) electrons. The third kappa shape index (κ3) is 2.87. The first-order valence-electron chi connectivity index (χ1n) is 8.26. The summed E-state index contributed by atoms with van der Waals surface area (Å²) in [5, 5.41) is 5.70. The van der Waals surface area contributed by atoms with Crippen LogP contribution in [-0.4, -0.2) is 40.0 Å². The number of nitrogens with zero attached hydrogens (tertiary/aromatic N) is 3. The molecule has 2 fully saturated rings. The van der Waals surface area contributed by atoms with Crippen molar-refractivity contribution in [3.05, 3.63) is 23.5 Å². The summed E-state index contributed by atoms with van der Waals surface area (Å²) >= 11 is 1.72. The van der Waals surface area contributed by atoms with Gasteiger partial charge in [-0.15, -0.1) is 11.3 Å². The van der Waals surface area contributed by atoms with E-state index in [4.69, 9.17) is 4.98 Å². The van der Waals surface area contributed by atoms with Crippen LogP contribution in [0.15, 0.2) is 17.8 Å². The predicted octanol–water partition coefficient (Wildman–Crippen LogP) is 2.75. The van der Waals surface area contributed by atoms with Gasteiger partial charge in [0.1, 0.15) is 0 Å². The minimum Gasteiger partial charge on any atom is -0.314 e. The molecule has 0 aromatic carbocycles. The lowest BCUT2D eigenvalue weighted by atomic mass is 9.82. The van der Waals surface area contributed by atoms with Gasteiger partial charge in [-0.2, -0.15) is 0 Å². The van der Waals surface area contributed by atoms with E-state index >= 15 is 0 Å². The zero-order valence-electron chi connectivity index (χ0n) is 12.5. The average Bonchev–Trinajstić information content (AvgIpc) is 3.10. The zero-order valence-corrected chi connectivity index (χ0v) is 13.3. The predicted molar refractivity (Wildman–Crippen MR) is 86.7 cm³/mol. The summed E-state index contributed by atoms with van der Waals surface area (Å²) in [5.74, 6) is 0.885. The summed E-state index contributed by atoms with van der Waals surface area (Å²) in [5.41, 5.74) is 1.23. The molecule has 3 heterocycles. The second-order valence-electron chi connectivity index (χ2n) is 6.47. The van der Waals surface area contributed by atoms with Crippen molar-refractivity contribution in [3.63, 3.8) is 0 Å². The number of nitrogens with one attached hydrogen (secondary N) is 1. The molecule has 4 rings (SSSR count). The molecule has 114 valence electrons. The standard InChI is InChI=1S/C16H24N4S/c1-2-4-13(5-3-1)15-10-17-6-7-19(15)11-14-12-20-8-9-21-16(20)18-14/h8-9,12-13,15,17H,1-7,10-11H2. The number of piperazine rings is 1. The molecular weight excluding hydrogens is 280 g/mol. The highest BCUT2D eigenvalue weighted by molar-refractivity contribution is 7.15. The Morgan fingerprint density at radius 2 is 2.19 bits per heavy atom. The van der Waals surface area contributed by atoms with E-state index < -0.39 is 0 Å². The zero-order chi connectivity index (χ0) is 14.1. The molecule has 1 saturated heterocycles. The Morgan fingerprint density at radius 1 is 1.29 bits per heavy atom. The van der Waals surface area contributed by atoms with Crippen molar-refractivity contribution >= 4 is 16.3 Å². The Bertz CT molecular complexity index is 555. The maximum Gasteiger partial charge on any atom is 0.193 e. The minimum atomic E-state index is 0.707. The van der Waals surface area contributed by atoms with E-state index in [1.54, 1.807) is 11.3 Å². The summed E-state index contributed by atoms with van der Waals surface area (Å²) in [6.45, 7) is 4.45. The molecule has 1 aliphatic carbocycles. The van der Waals surface area contributed by atoms with Crippen LogP contribution in [0.3, 0.4) is 0 Å². The summed E-state index contributed by atoms with van der Waals surface area (Å²) in [4.78, 5) is 8.57. The van der Waals surface area contributed by atoms with Crippen molar-refractivity contribution < 1.29 is 0 Å². The van der Waals surface area contributed by atoms with Crippen LogP contribution < -0.4 is 5.32 Å². The molecule has 2 aromatic rings. The van der Waals surface area contributed by atoms with Gasteiger partial charge < -0.3 is 5.32 Å². The molecular formula is C16H24N4S. The second kappa shape index (κ2) is 6.07. The number of imidazole rings is 1. The van der Waals surface area contributed by atoms with E-state index in [1.807, 2.05) is 0 Å². The fraction of sp³-hybridized carbons (Fsp3) is 0.688. The Morgan fingerprint density at radius 3 is 3.05 bits per heavy atom. The van der Waals surface area contributed by atoms with E-state index in [2.05, 4.69) is 32.4 Å². The van der Waals surface area contributed by atoms with Crippen molar-refractivity contribution in [1.29, 1.82) is 0 Å². The van der Waals surface area contributed by atoms with Gasteiger partial charge in [-0.1, -0.05) is 19.3 Å². The van der Waals surface area contributed by atoms with Gasteiger partial charge in [0.15, 0.2) is 4.96 Å². The Hall–Kier alpha value is -0.910. The number of thiazole rings is 1. The molecule has 0 spiro atoms. The van der Waals surface area contributed by atoms with Gasteiger partial charge >= 0.3 is 0 Å². The van der Waals surface area contributed by atoms with Gasteiger partial charge in [-0.05, 0) is 18.8 Å². The number of hydrogen-bond acceptors (Lipinski definition) is 4. The average molecular weight is 304 g/mol. The monoisotopic (exact) mass is 304 g/mol. The topological polar surface area (TPSA) is 32.6 Å². The highest BCUT2D eigenvalue weighted by atomic mass is 32.1. The van der Waals surface area contributed by atoms with Crippen LogP contribution in [0.25, 0.3) is 4.96 Å². The maximum absolute atomic E-state index is 4.77. The van der Waals surface area contributed by atoms with E-state index in [0.717, 1.165) is 37.1 Å². The van der Waals surface area contributed by atoms with E-state index in [0.29, 0.717) is 6.04 Å². The number of hydrogen-bond donors (Lipinski definition) is 1. The lowest BCUT2D eigenvalue weighted by Gasteiger charge is -2.42. The molecule has 5 heteroatoms. The van der Waals surface area contributed by atoms with Crippen molar-refractivity contribution in [2.75, 3.05) is 19.6 Å². The molecule has 1 unspecified atom stereocenters. The largest absolute Gasteiger partial charge is 0.314 e. The molecule has 0 bridgehead atoms. The third-order valence-corrected chi connectivity index (χ3v) is 5.87. The highest BCUT2D eigenvalue weighted by Gasteiger charge is 2.31. The Balaban J connectivity index is 1.49. The van der Waals surface area contributed by atoms with Crippen LogP contribution in [0.2, 0.25) is 0 Å². The van der Waals surface area contributed by atoms with Crippen LogP contribution >= 0.6 is 11.3 Å². The summed E-state index contributed by atoms with van der Waals surface area (Å²) in [7, 11) is 0. The second-order valence-corrected chi connectivity index (χ2v) is 7.34. The van der Waals surface area contributed by atoms with Gasteiger partial charge in [-0.3, -0.25) is 9.30 Å². The lowest BCUT2D eigenvalue weighted by Crippen LogP contribution is -2.54. The molecule has 4 nitrogen and oxygen atoms in total. The molecule has 1 saturated carbocycles. The van der Waals surface area contributed by atoms with Crippen LogP contribution in [0.1, 0.15) is 37.8 Å². The van der Waals surface area contributed by atoms with E-state index in [1.165, 1.54) is 37.8 Å². The molecule has 1 aliphatic heterocycles. The first-order valence-corrected chi connectivity index (χ1v) is 9.14. The fourth-order valence-corrected chi connectivity index (χ4v) is 4.73. The van der Waals surface area contributed by atoms with Gasteiger partial charge in [0.2, 0.25) is 0 Å². The van der Waals surface area contributed by atoms with Crippen molar-refractivity contribution in [2.45, 2.75) is 44.7 Å². The molecule has 1 N–H and O–H groups in total. The van der Waals surface area contributed by atoms with Crippen molar-refractivity contribution in [2.24, 2.45) is 5.92 Å². The summed E-state index contributed by atoms with van der Waals surface area (Å²) < 4.78 is 2.15. The third-order valence-electron chi connectivity index (χ3n) is 5.10. The minimum absolute atomic E-state index is 0.707. The Labute approximate surface area is 130 Å². The summed E-state index contributed by atoms with van der Waals surface area (Å²) in [6.07, 6.45) is 11.4. The van der Waals surface area contributed by atoms with Gasteiger partial charge in [-0.25, -0.2) is 4.98 Å².